The number of unbranched alkanes of at least 4 members (excludes halogenated alkanes) is 34. The zero-order chi connectivity index (χ0) is 44.4. The fourth-order valence-corrected chi connectivity index (χ4v) is 7.83. The summed E-state index contributed by atoms with van der Waals surface area (Å²) in [4.78, 5) is 37.9. The second-order valence-electron chi connectivity index (χ2n) is 18.1. The van der Waals surface area contributed by atoms with E-state index in [1.807, 2.05) is 0 Å². The van der Waals surface area contributed by atoms with Crippen LogP contribution in [0.5, 0.6) is 0 Å². The Morgan fingerprint density at radius 3 is 0.885 bits per heavy atom. The Hall–Kier alpha value is -2.11. The van der Waals surface area contributed by atoms with E-state index >= 15 is 0 Å². The Labute approximate surface area is 379 Å². The van der Waals surface area contributed by atoms with E-state index in [0.717, 1.165) is 77.0 Å². The lowest BCUT2D eigenvalue weighted by atomic mass is 10.0. The zero-order valence-electron chi connectivity index (χ0n) is 40.9. The van der Waals surface area contributed by atoms with Crippen LogP contribution in [-0.2, 0) is 28.6 Å². The van der Waals surface area contributed by atoms with E-state index < -0.39 is 6.10 Å². The van der Waals surface area contributed by atoms with Gasteiger partial charge in [0, 0.05) is 19.3 Å². The summed E-state index contributed by atoms with van der Waals surface area (Å²) >= 11 is 0. The lowest BCUT2D eigenvalue weighted by Gasteiger charge is -2.18. The topological polar surface area (TPSA) is 78.9 Å². The quantitative estimate of drug-likeness (QED) is 0.0262. The Morgan fingerprint density at radius 1 is 0.311 bits per heavy atom. The molecule has 61 heavy (non-hydrogen) atoms. The highest BCUT2D eigenvalue weighted by molar-refractivity contribution is 5.71. The van der Waals surface area contributed by atoms with Crippen LogP contribution in [0.4, 0.5) is 0 Å². The lowest BCUT2D eigenvalue weighted by Crippen LogP contribution is -2.30. The molecule has 0 fully saturated rings. The predicted molar refractivity (Wildman–Crippen MR) is 261 cm³/mol. The maximum Gasteiger partial charge on any atom is 0.306 e. The summed E-state index contributed by atoms with van der Waals surface area (Å²) in [5.41, 5.74) is 0. The molecule has 0 aliphatic heterocycles. The van der Waals surface area contributed by atoms with Gasteiger partial charge in [0.15, 0.2) is 6.10 Å². The molecule has 358 valence electrons. The Kier molecular flexibility index (Phi) is 48.8. The van der Waals surface area contributed by atoms with E-state index in [1.165, 1.54) is 173 Å². The van der Waals surface area contributed by atoms with E-state index in [-0.39, 0.29) is 31.1 Å². The van der Waals surface area contributed by atoms with Crippen molar-refractivity contribution in [1.29, 1.82) is 0 Å². The third kappa shape index (κ3) is 48.8. The van der Waals surface area contributed by atoms with Gasteiger partial charge in [0.1, 0.15) is 13.2 Å². The van der Waals surface area contributed by atoms with E-state index in [0.29, 0.717) is 19.3 Å². The molecule has 0 saturated heterocycles. The van der Waals surface area contributed by atoms with Gasteiger partial charge in [0.25, 0.3) is 0 Å². The molecular weight excluding hydrogens is 757 g/mol. The Balaban J connectivity index is 4.28. The molecule has 0 aromatic carbocycles. The maximum atomic E-state index is 12.8. The maximum absolute atomic E-state index is 12.8. The van der Waals surface area contributed by atoms with Crippen LogP contribution in [-0.4, -0.2) is 37.2 Å². The summed E-state index contributed by atoms with van der Waals surface area (Å²) in [6.07, 6.45) is 57.4. The summed E-state index contributed by atoms with van der Waals surface area (Å²) < 4.78 is 16.8. The average Bonchev–Trinajstić information content (AvgIpc) is 3.26. The first-order chi connectivity index (χ1) is 30.0. The van der Waals surface area contributed by atoms with Crippen LogP contribution < -0.4 is 0 Å². The smallest absolute Gasteiger partial charge is 0.306 e. The number of esters is 3. The van der Waals surface area contributed by atoms with E-state index in [9.17, 15) is 14.4 Å². The molecule has 6 nitrogen and oxygen atoms in total. The molecule has 0 amide bonds. The van der Waals surface area contributed by atoms with Crippen molar-refractivity contribution in [1.82, 2.24) is 0 Å². The van der Waals surface area contributed by atoms with Crippen molar-refractivity contribution in [3.8, 4) is 0 Å². The Morgan fingerprint density at radius 2 is 0.557 bits per heavy atom. The van der Waals surface area contributed by atoms with Crippen molar-refractivity contribution in [2.75, 3.05) is 13.2 Å². The van der Waals surface area contributed by atoms with Gasteiger partial charge in [0.2, 0.25) is 0 Å². The molecule has 0 rings (SSSR count). The number of rotatable bonds is 49. The van der Waals surface area contributed by atoms with Gasteiger partial charge >= 0.3 is 17.9 Å². The molecule has 6 heteroatoms. The van der Waals surface area contributed by atoms with Gasteiger partial charge in [-0.3, -0.25) is 14.4 Å². The van der Waals surface area contributed by atoms with Crippen LogP contribution in [0.15, 0.2) is 24.3 Å². The Bertz CT molecular complexity index is 989. The van der Waals surface area contributed by atoms with Crippen LogP contribution in [0, 0.1) is 0 Å². The molecule has 1 unspecified atom stereocenters. The molecule has 0 aromatic rings. The van der Waals surface area contributed by atoms with Gasteiger partial charge in [-0.25, -0.2) is 0 Å². The largest absolute Gasteiger partial charge is 0.462 e. The van der Waals surface area contributed by atoms with Crippen LogP contribution >= 0.6 is 0 Å². The van der Waals surface area contributed by atoms with Crippen molar-refractivity contribution >= 4 is 17.9 Å². The standard InChI is InChI=1S/C55H102O6/c1-4-7-10-13-16-19-22-24-26-27-28-30-31-33-36-39-42-45-48-54(57)60-51-52(50-59-53(56)47-44-41-38-35-21-18-15-12-9-6-3)61-55(58)49-46-43-40-37-34-32-29-25-23-20-17-14-11-8-5-2/h15,18,20,23,52H,4-14,16-17,19,21-22,24-51H2,1-3H3/b18-15-,23-20-. The second-order valence-corrected chi connectivity index (χ2v) is 18.1. The molecule has 0 bridgehead atoms. The summed E-state index contributed by atoms with van der Waals surface area (Å²) in [5.74, 6) is -0.877. The van der Waals surface area contributed by atoms with E-state index in [2.05, 4.69) is 45.1 Å². The van der Waals surface area contributed by atoms with Gasteiger partial charge in [-0.2, -0.15) is 0 Å². The third-order valence-corrected chi connectivity index (χ3v) is 11.9. The normalized spacial score (nSPS) is 12.1. The first kappa shape index (κ1) is 58.9. The second kappa shape index (κ2) is 50.5. The fraction of sp³-hybridized carbons (Fsp3) is 0.873. The van der Waals surface area contributed by atoms with Crippen molar-refractivity contribution in [2.45, 2.75) is 297 Å². The minimum atomic E-state index is -0.773. The predicted octanol–water partition coefficient (Wildman–Crippen LogP) is 17.5. The molecule has 0 heterocycles. The minimum absolute atomic E-state index is 0.0727. The average molecular weight is 859 g/mol. The number of carbonyl (C=O) groups excluding carboxylic acids is 3. The molecular formula is C55H102O6. The molecule has 0 saturated carbocycles. The van der Waals surface area contributed by atoms with Crippen LogP contribution in [0.2, 0.25) is 0 Å². The van der Waals surface area contributed by atoms with Crippen molar-refractivity contribution in [3.05, 3.63) is 24.3 Å². The lowest BCUT2D eigenvalue weighted by molar-refractivity contribution is -0.167. The highest BCUT2D eigenvalue weighted by Crippen LogP contribution is 2.16. The summed E-state index contributed by atoms with van der Waals surface area (Å²) in [7, 11) is 0. The first-order valence-corrected chi connectivity index (χ1v) is 26.8. The SMILES string of the molecule is CCCC/C=C\CCCCCCC(=O)OCC(COC(=O)CCCCCCCCCCCCCCCCCCCC)OC(=O)CCCCCCCCC/C=C\CCCCCC. The highest BCUT2D eigenvalue weighted by Gasteiger charge is 2.19. The molecule has 0 N–H and O–H groups in total. The molecule has 0 aliphatic rings. The molecule has 0 radical (unpaired) electrons. The minimum Gasteiger partial charge on any atom is -0.462 e. The van der Waals surface area contributed by atoms with Crippen molar-refractivity contribution in [2.24, 2.45) is 0 Å². The van der Waals surface area contributed by atoms with Gasteiger partial charge in [-0.05, 0) is 64.2 Å². The molecule has 0 spiro atoms. The zero-order valence-corrected chi connectivity index (χ0v) is 40.9. The number of allylic oxidation sites excluding steroid dienone is 4. The number of hydrogen-bond acceptors (Lipinski definition) is 6. The van der Waals surface area contributed by atoms with Gasteiger partial charge in [0.05, 0.1) is 0 Å². The summed E-state index contributed by atoms with van der Waals surface area (Å²) in [6.45, 7) is 6.60. The van der Waals surface area contributed by atoms with Gasteiger partial charge in [-0.1, -0.05) is 231 Å². The van der Waals surface area contributed by atoms with E-state index in [1.54, 1.807) is 0 Å². The molecule has 0 aromatic heterocycles. The van der Waals surface area contributed by atoms with E-state index in [4.69, 9.17) is 14.2 Å². The number of carbonyl (C=O) groups is 3. The summed E-state index contributed by atoms with van der Waals surface area (Å²) in [5, 5.41) is 0. The van der Waals surface area contributed by atoms with Crippen molar-refractivity contribution in [3.63, 3.8) is 0 Å². The van der Waals surface area contributed by atoms with Crippen LogP contribution in [0.3, 0.4) is 0 Å². The van der Waals surface area contributed by atoms with Crippen LogP contribution in [0.1, 0.15) is 290 Å². The van der Waals surface area contributed by atoms with Gasteiger partial charge in [-0.15, -0.1) is 0 Å². The number of ether oxygens (including phenoxy) is 3. The number of hydrogen-bond donors (Lipinski definition) is 0. The molecule has 0 aliphatic carbocycles. The molecule has 1 atom stereocenters. The van der Waals surface area contributed by atoms with Gasteiger partial charge < -0.3 is 14.2 Å². The third-order valence-electron chi connectivity index (χ3n) is 11.9. The fourth-order valence-electron chi connectivity index (χ4n) is 7.83. The highest BCUT2D eigenvalue weighted by atomic mass is 16.6. The van der Waals surface area contributed by atoms with Crippen molar-refractivity contribution < 1.29 is 28.6 Å². The monoisotopic (exact) mass is 859 g/mol. The van der Waals surface area contributed by atoms with Crippen LogP contribution in [0.25, 0.3) is 0 Å². The first-order valence-electron chi connectivity index (χ1n) is 26.8. The summed E-state index contributed by atoms with van der Waals surface area (Å²) in [6, 6.07) is 0.